The number of nitrogens with zero attached hydrogens (tertiary/aromatic N) is 4. The highest BCUT2D eigenvalue weighted by atomic mass is 32.2. The predicted octanol–water partition coefficient (Wildman–Crippen LogP) is 5.36. The monoisotopic (exact) mass is 462 g/mol. The first-order chi connectivity index (χ1) is 15.6. The Bertz CT molecular complexity index is 1220. The number of halogens is 1. The van der Waals surface area contributed by atoms with E-state index in [1.165, 1.54) is 23.5 Å². The third kappa shape index (κ3) is 4.18. The van der Waals surface area contributed by atoms with Crippen molar-refractivity contribution in [3.8, 4) is 16.6 Å². The van der Waals surface area contributed by atoms with Gasteiger partial charge in [-0.2, -0.15) is 5.26 Å². The lowest BCUT2D eigenvalue weighted by Crippen LogP contribution is -2.36. The second-order valence-electron chi connectivity index (χ2n) is 7.99. The summed E-state index contributed by atoms with van der Waals surface area (Å²) in [4.78, 5) is 25.7. The third-order valence-corrected chi connectivity index (χ3v) is 8.13. The van der Waals surface area contributed by atoms with Crippen LogP contribution in [0.25, 0.3) is 10.4 Å². The number of likely N-dealkylation sites (tertiary alicyclic amines) is 1. The Balaban J connectivity index is 1.28. The van der Waals surface area contributed by atoms with Crippen molar-refractivity contribution in [2.24, 2.45) is 22.7 Å². The van der Waals surface area contributed by atoms with Gasteiger partial charge in [-0.3, -0.25) is 4.79 Å². The van der Waals surface area contributed by atoms with Gasteiger partial charge in [0.15, 0.2) is 11.2 Å². The molecule has 3 aromatic rings. The smallest absolute Gasteiger partial charge is 0.305 e. The zero-order valence-corrected chi connectivity index (χ0v) is 18.7. The van der Waals surface area contributed by atoms with Crippen LogP contribution in [0.5, 0.6) is 0 Å². The first-order valence-corrected chi connectivity index (χ1v) is 12.0. The van der Waals surface area contributed by atoms with E-state index in [2.05, 4.69) is 16.2 Å². The van der Waals surface area contributed by atoms with Gasteiger partial charge in [0.25, 0.3) is 0 Å². The van der Waals surface area contributed by atoms with E-state index in [4.69, 9.17) is 5.26 Å². The fraction of sp³-hybridized carbons (Fsp3) is 0.250. The minimum atomic E-state index is -0.330. The van der Waals surface area contributed by atoms with E-state index in [-0.39, 0.29) is 17.6 Å². The maximum atomic E-state index is 13.2. The predicted molar refractivity (Wildman–Crippen MR) is 123 cm³/mol. The van der Waals surface area contributed by atoms with Crippen LogP contribution in [0.4, 0.5) is 4.39 Å². The number of thiazole rings is 1. The van der Waals surface area contributed by atoms with E-state index in [0.717, 1.165) is 39.7 Å². The van der Waals surface area contributed by atoms with Crippen molar-refractivity contribution in [3.63, 3.8) is 0 Å². The molecule has 3 atom stereocenters. The highest BCUT2D eigenvalue weighted by Gasteiger charge is 2.46. The van der Waals surface area contributed by atoms with Crippen LogP contribution < -0.4 is 0 Å². The van der Waals surface area contributed by atoms with Crippen LogP contribution >= 0.6 is 23.1 Å². The summed E-state index contributed by atoms with van der Waals surface area (Å²) in [6.45, 7) is 1.58. The summed E-state index contributed by atoms with van der Waals surface area (Å²) in [5.74, 6) is 0.635. The average Bonchev–Trinajstić information content (AvgIpc) is 3.41. The number of hydrogen-bond acceptors (Lipinski definition) is 6. The number of fused-ring (bicyclic) bond motifs is 1. The van der Waals surface area contributed by atoms with Crippen LogP contribution in [-0.4, -0.2) is 35.1 Å². The molecule has 1 aliphatic carbocycles. The fourth-order valence-corrected chi connectivity index (χ4v) is 6.19. The van der Waals surface area contributed by atoms with Crippen LogP contribution in [0.15, 0.2) is 69.5 Å². The van der Waals surface area contributed by atoms with Crippen LogP contribution in [0.2, 0.25) is 0 Å². The number of nitriles is 1. The molecule has 2 fully saturated rings. The first kappa shape index (κ1) is 20.9. The molecule has 2 aliphatic rings. The summed E-state index contributed by atoms with van der Waals surface area (Å²) in [5, 5.41) is 9.42. The van der Waals surface area contributed by atoms with Crippen molar-refractivity contribution in [1.29, 1.82) is 5.26 Å². The van der Waals surface area contributed by atoms with Gasteiger partial charge in [-0.25, -0.2) is 14.4 Å². The number of carbonyl (C=O) groups excluding carboxylic acids is 1. The van der Waals surface area contributed by atoms with Gasteiger partial charge in [0.2, 0.25) is 0 Å². The average molecular weight is 463 g/mol. The van der Waals surface area contributed by atoms with Crippen molar-refractivity contribution < 1.29 is 9.18 Å². The van der Waals surface area contributed by atoms with E-state index >= 15 is 0 Å². The first-order valence-electron chi connectivity index (χ1n) is 10.3. The summed E-state index contributed by atoms with van der Waals surface area (Å²) < 4.78 is 13.2. The van der Waals surface area contributed by atoms with E-state index in [0.29, 0.717) is 16.8 Å². The number of carbonyl (C=O) groups is 1. The minimum Gasteiger partial charge on any atom is -0.310 e. The van der Waals surface area contributed by atoms with E-state index < -0.39 is 0 Å². The SMILES string of the molecule is N#CN1CC2CC(C=NC(=O)c3ncc(-c4ccccc4Sc4ccc(F)cc4)s3)C2C1. The number of hydrogen-bond donors (Lipinski definition) is 0. The molecule has 1 aromatic heterocycles. The standard InChI is InChI=1S/C24H19FN4OS2/c25-17-5-7-18(8-6-17)31-21-4-2-1-3-19(21)22-11-28-24(32-22)23(30)27-10-15-9-16-12-29(14-26)13-20(15)16/h1-8,10-11,15-16,20H,9,12-13H2. The lowest BCUT2D eigenvalue weighted by atomic mass is 9.67. The number of aliphatic imine (C=N–C) groups is 1. The van der Waals surface area contributed by atoms with Gasteiger partial charge >= 0.3 is 5.91 Å². The Labute approximate surface area is 193 Å². The van der Waals surface area contributed by atoms with Gasteiger partial charge in [-0.1, -0.05) is 30.0 Å². The molecule has 1 amide bonds. The molecule has 0 spiro atoms. The van der Waals surface area contributed by atoms with Gasteiger partial charge in [-0.15, -0.1) is 11.3 Å². The molecule has 2 heterocycles. The molecule has 160 valence electrons. The van der Waals surface area contributed by atoms with Crippen LogP contribution in [-0.2, 0) is 0 Å². The molecule has 5 nitrogen and oxygen atoms in total. The zero-order valence-electron chi connectivity index (χ0n) is 17.0. The van der Waals surface area contributed by atoms with E-state index in [1.807, 2.05) is 24.3 Å². The van der Waals surface area contributed by atoms with Gasteiger partial charge in [0, 0.05) is 40.9 Å². The molecular formula is C24H19FN4OS2. The molecule has 1 saturated carbocycles. The molecule has 5 rings (SSSR count). The van der Waals surface area contributed by atoms with Gasteiger partial charge in [0.1, 0.15) is 5.82 Å². The van der Waals surface area contributed by atoms with Crippen molar-refractivity contribution in [2.75, 3.05) is 13.1 Å². The molecular weight excluding hydrogens is 443 g/mol. The van der Waals surface area contributed by atoms with E-state index in [1.54, 1.807) is 41.2 Å². The van der Waals surface area contributed by atoms with Crippen molar-refractivity contribution in [2.45, 2.75) is 16.2 Å². The topological polar surface area (TPSA) is 69.3 Å². The second-order valence-corrected chi connectivity index (χ2v) is 10.1. The molecule has 1 aliphatic heterocycles. The maximum absolute atomic E-state index is 13.2. The molecule has 8 heteroatoms. The summed E-state index contributed by atoms with van der Waals surface area (Å²) in [7, 11) is 0. The van der Waals surface area contributed by atoms with Crippen LogP contribution in [0.3, 0.4) is 0 Å². The lowest BCUT2D eigenvalue weighted by Gasteiger charge is -2.36. The number of aromatic nitrogens is 1. The molecule has 0 radical (unpaired) electrons. The quantitative estimate of drug-likeness (QED) is 0.377. The molecule has 32 heavy (non-hydrogen) atoms. The normalized spacial score (nSPS) is 21.9. The van der Waals surface area contributed by atoms with Crippen molar-refractivity contribution >= 4 is 35.2 Å². The lowest BCUT2D eigenvalue weighted by molar-refractivity contribution is 0.1000. The highest BCUT2D eigenvalue weighted by molar-refractivity contribution is 7.99. The largest absolute Gasteiger partial charge is 0.310 e. The fourth-order valence-electron chi connectivity index (χ4n) is 4.32. The van der Waals surface area contributed by atoms with Gasteiger partial charge in [-0.05, 0) is 54.5 Å². The number of amides is 1. The summed E-state index contributed by atoms with van der Waals surface area (Å²) in [6.07, 6.45) is 6.66. The van der Waals surface area contributed by atoms with Crippen LogP contribution in [0.1, 0.15) is 16.2 Å². The molecule has 2 aromatic carbocycles. The second kappa shape index (κ2) is 8.85. The molecule has 1 saturated heterocycles. The third-order valence-electron chi connectivity index (χ3n) is 6.02. The Morgan fingerprint density at radius 3 is 2.88 bits per heavy atom. The molecule has 3 unspecified atom stereocenters. The van der Waals surface area contributed by atoms with Gasteiger partial charge < -0.3 is 4.90 Å². The number of benzene rings is 2. The minimum absolute atomic E-state index is 0.259. The number of rotatable bonds is 5. The summed E-state index contributed by atoms with van der Waals surface area (Å²) in [5.41, 5.74) is 0.978. The van der Waals surface area contributed by atoms with Crippen molar-refractivity contribution in [3.05, 3.63) is 65.6 Å². The van der Waals surface area contributed by atoms with Crippen molar-refractivity contribution in [1.82, 2.24) is 9.88 Å². The van der Waals surface area contributed by atoms with Crippen LogP contribution in [0, 0.1) is 35.0 Å². The Morgan fingerprint density at radius 1 is 1.25 bits per heavy atom. The summed E-state index contributed by atoms with van der Waals surface area (Å²) in [6, 6.07) is 14.3. The van der Waals surface area contributed by atoms with Gasteiger partial charge in [0.05, 0.1) is 4.88 Å². The Morgan fingerprint density at radius 2 is 2.06 bits per heavy atom. The highest BCUT2D eigenvalue weighted by Crippen LogP contribution is 2.44. The zero-order chi connectivity index (χ0) is 22.1. The Kier molecular flexibility index (Phi) is 5.77. The molecule has 0 N–H and O–H groups in total. The molecule has 0 bridgehead atoms. The maximum Gasteiger partial charge on any atom is 0.305 e. The van der Waals surface area contributed by atoms with E-state index in [9.17, 15) is 9.18 Å². The summed E-state index contributed by atoms with van der Waals surface area (Å²) >= 11 is 2.86. The Hall–Kier alpha value is -3.02.